The first-order valence-electron chi connectivity index (χ1n) is 3.49. The van der Waals surface area contributed by atoms with E-state index in [1.807, 2.05) is 0 Å². The topological polar surface area (TPSA) is 69.4 Å². The zero-order chi connectivity index (χ0) is 10.8. The lowest BCUT2D eigenvalue weighted by atomic mass is 10.2. The van der Waals surface area contributed by atoms with Crippen LogP contribution in [0.3, 0.4) is 0 Å². The second-order valence-electron chi connectivity index (χ2n) is 2.49. The van der Waals surface area contributed by atoms with Gasteiger partial charge in [-0.1, -0.05) is 11.6 Å². The molecule has 2 N–H and O–H groups in total. The van der Waals surface area contributed by atoms with Gasteiger partial charge in [-0.2, -0.15) is 8.42 Å². The SMILES string of the molecule is NS(=O)(=O)OCc1cc(Cl)ccc1F. The first-order chi connectivity index (χ1) is 6.38. The van der Waals surface area contributed by atoms with Gasteiger partial charge in [0.05, 0.1) is 6.61 Å². The van der Waals surface area contributed by atoms with Gasteiger partial charge in [0, 0.05) is 10.6 Å². The number of hydrogen-bond acceptors (Lipinski definition) is 3. The van der Waals surface area contributed by atoms with Gasteiger partial charge in [-0.3, -0.25) is 4.18 Å². The Morgan fingerprint density at radius 1 is 1.50 bits per heavy atom. The van der Waals surface area contributed by atoms with Crippen molar-refractivity contribution in [3.05, 3.63) is 34.6 Å². The van der Waals surface area contributed by atoms with Crippen LogP contribution in [0.15, 0.2) is 18.2 Å². The van der Waals surface area contributed by atoms with Crippen LogP contribution in [0.25, 0.3) is 0 Å². The van der Waals surface area contributed by atoms with Gasteiger partial charge in [0.15, 0.2) is 0 Å². The van der Waals surface area contributed by atoms with E-state index in [1.54, 1.807) is 0 Å². The second kappa shape index (κ2) is 4.22. The number of halogens is 2. The van der Waals surface area contributed by atoms with Crippen molar-refractivity contribution in [2.45, 2.75) is 6.61 Å². The summed E-state index contributed by atoms with van der Waals surface area (Å²) in [5.41, 5.74) is 0.0338. The molecule has 0 aromatic heterocycles. The predicted molar refractivity (Wildman–Crippen MR) is 49.3 cm³/mol. The molecular formula is C7H7ClFNO3S. The molecule has 0 bridgehead atoms. The van der Waals surface area contributed by atoms with Crippen LogP contribution in [0.4, 0.5) is 4.39 Å². The Bertz CT molecular complexity index is 435. The summed E-state index contributed by atoms with van der Waals surface area (Å²) >= 11 is 5.56. The quantitative estimate of drug-likeness (QED) is 0.862. The van der Waals surface area contributed by atoms with Crippen LogP contribution >= 0.6 is 11.6 Å². The van der Waals surface area contributed by atoms with Crippen LogP contribution in [0.1, 0.15) is 5.56 Å². The Morgan fingerprint density at radius 3 is 2.71 bits per heavy atom. The molecule has 0 radical (unpaired) electrons. The van der Waals surface area contributed by atoms with Gasteiger partial charge < -0.3 is 0 Å². The Labute approximate surface area is 85.7 Å². The van der Waals surface area contributed by atoms with Crippen LogP contribution in [-0.4, -0.2) is 8.42 Å². The van der Waals surface area contributed by atoms with E-state index in [2.05, 4.69) is 9.32 Å². The van der Waals surface area contributed by atoms with Gasteiger partial charge in [0.1, 0.15) is 5.82 Å². The average molecular weight is 240 g/mol. The number of benzene rings is 1. The molecule has 78 valence electrons. The average Bonchev–Trinajstić information content (AvgIpc) is 2.05. The van der Waals surface area contributed by atoms with Crippen LogP contribution in [0, 0.1) is 5.82 Å². The van der Waals surface area contributed by atoms with Crippen LogP contribution in [-0.2, 0) is 21.1 Å². The van der Waals surface area contributed by atoms with E-state index >= 15 is 0 Å². The normalized spacial score (nSPS) is 11.6. The fourth-order valence-corrected chi connectivity index (χ4v) is 1.29. The molecule has 0 heterocycles. The van der Waals surface area contributed by atoms with Crippen molar-refractivity contribution in [2.24, 2.45) is 5.14 Å². The molecule has 0 unspecified atom stereocenters. The number of hydrogen-bond donors (Lipinski definition) is 1. The van der Waals surface area contributed by atoms with Gasteiger partial charge >= 0.3 is 10.3 Å². The summed E-state index contributed by atoms with van der Waals surface area (Å²) in [7, 11) is -4.06. The molecule has 14 heavy (non-hydrogen) atoms. The summed E-state index contributed by atoms with van der Waals surface area (Å²) in [5.74, 6) is -0.599. The fraction of sp³-hybridized carbons (Fsp3) is 0.143. The standard InChI is InChI=1S/C7H7ClFNO3S/c8-6-1-2-7(9)5(3-6)4-13-14(10,11)12/h1-3H,4H2,(H2,10,11,12). The summed E-state index contributed by atoms with van der Waals surface area (Å²) < 4.78 is 38.0. The molecule has 1 aromatic rings. The predicted octanol–water partition coefficient (Wildman–Crippen LogP) is 1.20. The number of nitrogens with two attached hydrogens (primary N) is 1. The van der Waals surface area contributed by atoms with Gasteiger partial charge in [-0.05, 0) is 18.2 Å². The van der Waals surface area contributed by atoms with Crippen LogP contribution in [0.2, 0.25) is 5.02 Å². The molecule has 0 saturated carbocycles. The van der Waals surface area contributed by atoms with Gasteiger partial charge in [0.25, 0.3) is 0 Å². The molecule has 0 aliphatic heterocycles. The highest BCUT2D eigenvalue weighted by molar-refractivity contribution is 7.84. The minimum absolute atomic E-state index is 0.0338. The van der Waals surface area contributed by atoms with Crippen molar-refractivity contribution < 1.29 is 17.0 Å². The molecular weight excluding hydrogens is 233 g/mol. The zero-order valence-electron chi connectivity index (χ0n) is 6.91. The minimum atomic E-state index is -4.06. The lowest BCUT2D eigenvalue weighted by molar-refractivity contribution is 0.303. The molecule has 1 rings (SSSR count). The Hall–Kier alpha value is -0.690. The molecule has 0 aliphatic rings. The van der Waals surface area contributed by atoms with E-state index in [0.717, 1.165) is 6.07 Å². The third kappa shape index (κ3) is 3.59. The molecule has 1 aromatic carbocycles. The Balaban J connectivity index is 2.81. The maximum atomic E-state index is 13.0. The van der Waals surface area contributed by atoms with Crippen molar-refractivity contribution in [3.63, 3.8) is 0 Å². The maximum Gasteiger partial charge on any atom is 0.333 e. The monoisotopic (exact) mass is 239 g/mol. The van der Waals surface area contributed by atoms with Crippen molar-refractivity contribution in [2.75, 3.05) is 0 Å². The Kier molecular flexibility index (Phi) is 3.43. The summed E-state index contributed by atoms with van der Waals surface area (Å²) in [5, 5.41) is 4.86. The highest BCUT2D eigenvalue weighted by Crippen LogP contribution is 2.15. The fourth-order valence-electron chi connectivity index (χ4n) is 0.800. The lowest BCUT2D eigenvalue weighted by Gasteiger charge is -2.03. The summed E-state index contributed by atoms with van der Waals surface area (Å²) in [6.45, 7) is -0.467. The van der Waals surface area contributed by atoms with E-state index in [1.165, 1.54) is 12.1 Å². The lowest BCUT2D eigenvalue weighted by Crippen LogP contribution is -2.15. The second-order valence-corrected chi connectivity index (χ2v) is 4.15. The van der Waals surface area contributed by atoms with E-state index in [0.29, 0.717) is 5.02 Å². The minimum Gasteiger partial charge on any atom is -0.253 e. The van der Waals surface area contributed by atoms with Crippen LogP contribution < -0.4 is 5.14 Å². The smallest absolute Gasteiger partial charge is 0.253 e. The summed E-state index contributed by atoms with van der Waals surface area (Å²) in [6, 6.07) is 3.73. The molecule has 0 aliphatic carbocycles. The maximum absolute atomic E-state index is 13.0. The summed E-state index contributed by atoms with van der Waals surface area (Å²) in [4.78, 5) is 0. The van der Waals surface area contributed by atoms with Crippen LogP contribution in [0.5, 0.6) is 0 Å². The van der Waals surface area contributed by atoms with Gasteiger partial charge in [-0.25, -0.2) is 9.53 Å². The molecule has 7 heteroatoms. The molecule has 0 saturated heterocycles. The first kappa shape index (κ1) is 11.4. The molecule has 4 nitrogen and oxygen atoms in total. The first-order valence-corrected chi connectivity index (χ1v) is 5.34. The molecule has 0 fully saturated rings. The van der Waals surface area contributed by atoms with Gasteiger partial charge in [-0.15, -0.1) is 0 Å². The number of rotatable bonds is 3. The molecule has 0 atom stereocenters. The van der Waals surface area contributed by atoms with Crippen molar-refractivity contribution in [3.8, 4) is 0 Å². The molecule has 0 amide bonds. The zero-order valence-corrected chi connectivity index (χ0v) is 8.48. The Morgan fingerprint density at radius 2 is 2.14 bits per heavy atom. The third-order valence-electron chi connectivity index (χ3n) is 1.39. The van der Waals surface area contributed by atoms with Crippen molar-refractivity contribution in [1.82, 2.24) is 0 Å². The van der Waals surface area contributed by atoms with Gasteiger partial charge in [0.2, 0.25) is 0 Å². The third-order valence-corrected chi connectivity index (χ3v) is 2.07. The van der Waals surface area contributed by atoms with E-state index in [4.69, 9.17) is 11.6 Å². The highest BCUT2D eigenvalue weighted by Gasteiger charge is 2.07. The van der Waals surface area contributed by atoms with Crippen molar-refractivity contribution in [1.29, 1.82) is 0 Å². The molecule has 0 spiro atoms. The highest BCUT2D eigenvalue weighted by atomic mass is 35.5. The van der Waals surface area contributed by atoms with E-state index in [-0.39, 0.29) is 5.56 Å². The van der Waals surface area contributed by atoms with E-state index < -0.39 is 22.7 Å². The van der Waals surface area contributed by atoms with E-state index in [9.17, 15) is 12.8 Å². The summed E-state index contributed by atoms with van der Waals surface area (Å²) in [6.07, 6.45) is 0. The largest absolute Gasteiger partial charge is 0.333 e. The van der Waals surface area contributed by atoms with Crippen molar-refractivity contribution >= 4 is 21.9 Å².